The van der Waals surface area contributed by atoms with E-state index in [1.54, 1.807) is 0 Å². The molecule has 2 aliphatic rings. The summed E-state index contributed by atoms with van der Waals surface area (Å²) in [4.78, 5) is 0. The molecular formula is C24H30O6. The van der Waals surface area contributed by atoms with Crippen molar-refractivity contribution in [2.75, 3.05) is 39.6 Å². The number of rotatable bonds is 15. The first kappa shape index (κ1) is 21.4. The number of hydrogen-bond donors (Lipinski definition) is 0. The van der Waals surface area contributed by atoms with Gasteiger partial charge in [0.2, 0.25) is 0 Å². The zero-order valence-electron chi connectivity index (χ0n) is 17.2. The molecule has 4 atom stereocenters. The van der Waals surface area contributed by atoms with Gasteiger partial charge in [0, 0.05) is 0 Å². The van der Waals surface area contributed by atoms with Gasteiger partial charge in [-0.3, -0.25) is 0 Å². The number of benzene rings is 2. The summed E-state index contributed by atoms with van der Waals surface area (Å²) in [5.41, 5.74) is 2.26. The highest BCUT2D eigenvalue weighted by Gasteiger charge is 2.31. The van der Waals surface area contributed by atoms with E-state index in [0.29, 0.717) is 39.6 Å². The van der Waals surface area contributed by atoms with Gasteiger partial charge in [0.05, 0.1) is 52.9 Å². The highest BCUT2D eigenvalue weighted by Crippen LogP contribution is 2.17. The minimum Gasteiger partial charge on any atom is -0.374 e. The van der Waals surface area contributed by atoms with E-state index in [4.69, 9.17) is 28.4 Å². The SMILES string of the molecule is c1ccc(COC[C@H](OCC2CO2)[C@H](COCc2ccccc2)OCC2CO2)cc1. The second kappa shape index (κ2) is 11.6. The van der Waals surface area contributed by atoms with Crippen molar-refractivity contribution in [3.63, 3.8) is 0 Å². The lowest BCUT2D eigenvalue weighted by Crippen LogP contribution is -2.40. The predicted octanol–water partition coefficient (Wildman–Crippen LogP) is 2.99. The van der Waals surface area contributed by atoms with E-state index in [-0.39, 0.29) is 24.4 Å². The molecular weight excluding hydrogens is 384 g/mol. The summed E-state index contributed by atoms with van der Waals surface area (Å²) >= 11 is 0. The topological polar surface area (TPSA) is 62.0 Å². The Balaban J connectivity index is 1.31. The summed E-state index contributed by atoms with van der Waals surface area (Å²) in [6, 6.07) is 20.2. The Hall–Kier alpha value is -1.80. The molecule has 0 amide bonds. The van der Waals surface area contributed by atoms with Crippen molar-refractivity contribution in [2.45, 2.75) is 37.6 Å². The molecule has 6 heteroatoms. The van der Waals surface area contributed by atoms with Crippen LogP contribution in [0.4, 0.5) is 0 Å². The molecule has 2 aromatic carbocycles. The van der Waals surface area contributed by atoms with Crippen molar-refractivity contribution < 1.29 is 28.4 Å². The summed E-state index contributed by atoms with van der Waals surface area (Å²) in [6.45, 7) is 4.50. The molecule has 0 radical (unpaired) electrons. The van der Waals surface area contributed by atoms with Gasteiger partial charge in [0.1, 0.15) is 24.4 Å². The molecule has 0 bridgehead atoms. The fraction of sp³-hybridized carbons (Fsp3) is 0.500. The Kier molecular flexibility index (Phi) is 8.25. The highest BCUT2D eigenvalue weighted by molar-refractivity contribution is 5.14. The van der Waals surface area contributed by atoms with Crippen LogP contribution in [0.5, 0.6) is 0 Å². The van der Waals surface area contributed by atoms with Crippen LogP contribution in [0.2, 0.25) is 0 Å². The quantitative estimate of drug-likeness (QED) is 0.418. The Morgan fingerprint density at radius 2 is 1.07 bits per heavy atom. The molecule has 2 aliphatic heterocycles. The number of hydrogen-bond acceptors (Lipinski definition) is 6. The Morgan fingerprint density at radius 1 is 0.667 bits per heavy atom. The molecule has 0 saturated carbocycles. The summed E-state index contributed by atoms with van der Waals surface area (Å²) in [5, 5.41) is 0. The summed E-state index contributed by atoms with van der Waals surface area (Å²) in [7, 11) is 0. The zero-order valence-corrected chi connectivity index (χ0v) is 17.2. The first-order valence-electron chi connectivity index (χ1n) is 10.6. The van der Waals surface area contributed by atoms with E-state index in [2.05, 4.69) is 24.3 Å². The Morgan fingerprint density at radius 3 is 1.43 bits per heavy atom. The lowest BCUT2D eigenvalue weighted by Gasteiger charge is -2.27. The molecule has 0 aliphatic carbocycles. The maximum absolute atomic E-state index is 6.13. The summed E-state index contributed by atoms with van der Waals surface area (Å²) < 4.78 is 34.8. The average molecular weight is 414 g/mol. The van der Waals surface area contributed by atoms with Gasteiger partial charge < -0.3 is 28.4 Å². The highest BCUT2D eigenvalue weighted by atomic mass is 16.6. The van der Waals surface area contributed by atoms with Crippen LogP contribution in [0.15, 0.2) is 60.7 Å². The lowest BCUT2D eigenvalue weighted by atomic mass is 10.2. The fourth-order valence-corrected chi connectivity index (χ4v) is 3.05. The van der Waals surface area contributed by atoms with E-state index >= 15 is 0 Å². The van der Waals surface area contributed by atoms with Crippen molar-refractivity contribution in [3.8, 4) is 0 Å². The van der Waals surface area contributed by atoms with Crippen LogP contribution >= 0.6 is 0 Å². The van der Waals surface area contributed by atoms with Gasteiger partial charge in [-0.1, -0.05) is 60.7 Å². The molecule has 2 heterocycles. The first-order valence-corrected chi connectivity index (χ1v) is 10.6. The van der Waals surface area contributed by atoms with Crippen LogP contribution in [0.25, 0.3) is 0 Å². The first-order chi connectivity index (χ1) is 14.9. The molecule has 0 aromatic heterocycles. The van der Waals surface area contributed by atoms with Gasteiger partial charge in [-0.2, -0.15) is 0 Å². The molecule has 2 unspecified atom stereocenters. The smallest absolute Gasteiger partial charge is 0.109 e. The van der Waals surface area contributed by atoms with Crippen LogP contribution in [0.1, 0.15) is 11.1 Å². The van der Waals surface area contributed by atoms with Crippen LogP contribution in [0.3, 0.4) is 0 Å². The fourth-order valence-electron chi connectivity index (χ4n) is 3.05. The van der Waals surface area contributed by atoms with Crippen molar-refractivity contribution in [1.82, 2.24) is 0 Å². The van der Waals surface area contributed by atoms with Crippen molar-refractivity contribution in [3.05, 3.63) is 71.8 Å². The van der Waals surface area contributed by atoms with Crippen LogP contribution < -0.4 is 0 Å². The molecule has 4 rings (SSSR count). The molecule has 2 saturated heterocycles. The second-order valence-corrected chi connectivity index (χ2v) is 7.66. The van der Waals surface area contributed by atoms with Crippen LogP contribution in [-0.2, 0) is 41.6 Å². The average Bonchev–Trinajstić information content (AvgIpc) is 3.70. The third-order valence-electron chi connectivity index (χ3n) is 5.00. The number of ether oxygens (including phenoxy) is 6. The minimum atomic E-state index is -0.243. The van der Waals surface area contributed by atoms with Gasteiger partial charge in [-0.15, -0.1) is 0 Å². The molecule has 2 fully saturated rings. The van der Waals surface area contributed by atoms with Crippen LogP contribution in [0, 0.1) is 0 Å². The minimum absolute atomic E-state index is 0.180. The summed E-state index contributed by atoms with van der Waals surface area (Å²) in [6.07, 6.45) is -0.126. The van der Waals surface area contributed by atoms with Gasteiger partial charge >= 0.3 is 0 Å². The molecule has 162 valence electrons. The Labute approximate surface area is 178 Å². The van der Waals surface area contributed by atoms with Crippen molar-refractivity contribution >= 4 is 0 Å². The predicted molar refractivity (Wildman–Crippen MR) is 111 cm³/mol. The lowest BCUT2D eigenvalue weighted by molar-refractivity contribution is -0.133. The third-order valence-corrected chi connectivity index (χ3v) is 5.00. The number of epoxide rings is 2. The van der Waals surface area contributed by atoms with Gasteiger partial charge in [0.15, 0.2) is 0 Å². The van der Waals surface area contributed by atoms with E-state index < -0.39 is 0 Å². The van der Waals surface area contributed by atoms with Crippen molar-refractivity contribution in [1.29, 1.82) is 0 Å². The van der Waals surface area contributed by atoms with Gasteiger partial charge in [-0.25, -0.2) is 0 Å². The van der Waals surface area contributed by atoms with Gasteiger partial charge in [-0.05, 0) is 11.1 Å². The monoisotopic (exact) mass is 414 g/mol. The molecule has 30 heavy (non-hydrogen) atoms. The van der Waals surface area contributed by atoms with E-state index in [9.17, 15) is 0 Å². The molecule has 6 nitrogen and oxygen atoms in total. The van der Waals surface area contributed by atoms with E-state index in [1.807, 2.05) is 36.4 Å². The van der Waals surface area contributed by atoms with Crippen LogP contribution in [-0.4, -0.2) is 64.1 Å². The molecule has 2 aromatic rings. The maximum atomic E-state index is 6.13. The van der Waals surface area contributed by atoms with Crippen molar-refractivity contribution in [2.24, 2.45) is 0 Å². The second-order valence-electron chi connectivity index (χ2n) is 7.66. The standard InChI is InChI=1S/C24H30O6/c1-3-7-19(8-4-1)11-25-17-23(29-15-21-13-27-21)24(30-16-22-14-28-22)18-26-12-20-9-5-2-6-10-20/h1-10,21-24H,11-18H2/t21?,22?,23-,24-/m0/s1. The summed E-state index contributed by atoms with van der Waals surface area (Å²) in [5.74, 6) is 0. The Bertz CT molecular complexity index is 653. The third kappa shape index (κ3) is 7.80. The van der Waals surface area contributed by atoms with E-state index in [1.165, 1.54) is 0 Å². The maximum Gasteiger partial charge on any atom is 0.109 e. The zero-order chi connectivity index (χ0) is 20.4. The van der Waals surface area contributed by atoms with E-state index in [0.717, 1.165) is 24.3 Å². The normalized spacial score (nSPS) is 21.9. The molecule has 0 spiro atoms. The van der Waals surface area contributed by atoms with Gasteiger partial charge in [0.25, 0.3) is 0 Å². The largest absolute Gasteiger partial charge is 0.374 e. The molecule has 0 N–H and O–H groups in total.